The molecule has 1 aromatic heterocycles. The summed E-state index contributed by atoms with van der Waals surface area (Å²) in [6.45, 7) is 0.185. The van der Waals surface area contributed by atoms with Gasteiger partial charge in [-0.1, -0.05) is 48.5 Å². The van der Waals surface area contributed by atoms with E-state index in [2.05, 4.69) is 34.6 Å². The number of rotatable bonds is 5. The Bertz CT molecular complexity index is 1290. The zero-order valence-electron chi connectivity index (χ0n) is 18.7. The lowest BCUT2D eigenvalue weighted by atomic mass is 9.89. The number of nitrogens with one attached hydrogen (secondary N) is 1. The molecule has 2 aromatic carbocycles. The average molecular weight is 490 g/mol. The van der Waals surface area contributed by atoms with Gasteiger partial charge in [0.2, 0.25) is 0 Å². The molecule has 0 unspecified atom stereocenters. The summed E-state index contributed by atoms with van der Waals surface area (Å²) in [5, 5.41) is 13.9. The molecule has 1 aliphatic carbocycles. The van der Waals surface area contributed by atoms with Gasteiger partial charge in [-0.15, -0.1) is 11.3 Å². The Morgan fingerprint density at radius 1 is 1.06 bits per heavy atom. The van der Waals surface area contributed by atoms with E-state index in [0.29, 0.717) is 12.8 Å². The van der Waals surface area contributed by atoms with E-state index in [9.17, 15) is 19.5 Å². The van der Waals surface area contributed by atoms with E-state index in [1.165, 1.54) is 0 Å². The number of aliphatic carboxylic acids is 1. The first-order chi connectivity index (χ1) is 17.0. The van der Waals surface area contributed by atoms with Crippen LogP contribution in [-0.4, -0.2) is 51.7 Å². The highest BCUT2D eigenvalue weighted by molar-refractivity contribution is 7.14. The summed E-state index contributed by atoms with van der Waals surface area (Å²) < 4.78 is 5.55. The van der Waals surface area contributed by atoms with Crippen LogP contribution in [0.3, 0.4) is 0 Å². The van der Waals surface area contributed by atoms with E-state index in [0.717, 1.165) is 40.0 Å². The lowest BCUT2D eigenvalue weighted by Gasteiger charge is -2.22. The SMILES string of the molecule is O=C(Nc1nc(C(=O)N2[C@H]3CC[C@@H]2[C@H](C(=O)O)C3)cs1)OCC1c2ccccc2-c2ccccc21. The van der Waals surface area contributed by atoms with Crippen molar-refractivity contribution in [1.82, 2.24) is 9.88 Å². The Morgan fingerprint density at radius 2 is 1.74 bits per heavy atom. The molecule has 3 heterocycles. The first-order valence-corrected chi connectivity index (χ1v) is 12.5. The topological polar surface area (TPSA) is 109 Å². The number of hydrogen-bond acceptors (Lipinski definition) is 6. The van der Waals surface area contributed by atoms with Gasteiger partial charge >= 0.3 is 12.1 Å². The number of thiazole rings is 1. The van der Waals surface area contributed by atoms with Crippen LogP contribution in [0.1, 0.15) is 46.8 Å². The Kier molecular flexibility index (Phi) is 5.29. The number of carboxylic acid groups (broad SMARTS) is 1. The molecule has 0 saturated carbocycles. The highest BCUT2D eigenvalue weighted by Crippen LogP contribution is 2.45. The van der Waals surface area contributed by atoms with Crippen LogP contribution in [0.4, 0.5) is 9.93 Å². The van der Waals surface area contributed by atoms with Gasteiger partial charge in [-0.2, -0.15) is 0 Å². The van der Waals surface area contributed by atoms with Gasteiger partial charge in [-0.3, -0.25) is 14.9 Å². The molecule has 2 amide bonds. The van der Waals surface area contributed by atoms with Gasteiger partial charge in [0.25, 0.3) is 5.91 Å². The van der Waals surface area contributed by atoms with E-state index < -0.39 is 18.0 Å². The lowest BCUT2D eigenvalue weighted by Crippen LogP contribution is -2.38. The molecule has 0 radical (unpaired) electrons. The van der Waals surface area contributed by atoms with Crippen molar-refractivity contribution in [2.24, 2.45) is 5.92 Å². The molecule has 8 nitrogen and oxygen atoms in total. The minimum Gasteiger partial charge on any atom is -0.481 e. The highest BCUT2D eigenvalue weighted by Gasteiger charge is 2.51. The van der Waals surface area contributed by atoms with Crippen molar-refractivity contribution in [1.29, 1.82) is 0 Å². The molecule has 2 saturated heterocycles. The van der Waals surface area contributed by atoms with Gasteiger partial charge in [0.15, 0.2) is 5.13 Å². The number of nitrogens with zero attached hydrogens (tertiary/aromatic N) is 2. The quantitative estimate of drug-likeness (QED) is 0.543. The third kappa shape index (κ3) is 3.67. The van der Waals surface area contributed by atoms with Gasteiger partial charge in [0, 0.05) is 23.4 Å². The smallest absolute Gasteiger partial charge is 0.413 e. The fourth-order valence-corrected chi connectivity index (χ4v) is 6.52. The number of benzene rings is 2. The maximum absolute atomic E-state index is 13.0. The molecule has 35 heavy (non-hydrogen) atoms. The molecular formula is C26H23N3O5S. The Morgan fingerprint density at radius 3 is 2.40 bits per heavy atom. The van der Waals surface area contributed by atoms with Crippen LogP contribution in [0.5, 0.6) is 0 Å². The van der Waals surface area contributed by atoms with Crippen LogP contribution < -0.4 is 5.32 Å². The summed E-state index contributed by atoms with van der Waals surface area (Å²) in [5.41, 5.74) is 4.78. The van der Waals surface area contributed by atoms with E-state index in [4.69, 9.17) is 4.74 Å². The van der Waals surface area contributed by atoms with Crippen molar-refractivity contribution < 1.29 is 24.2 Å². The Balaban J connectivity index is 1.10. The van der Waals surface area contributed by atoms with E-state index >= 15 is 0 Å². The largest absolute Gasteiger partial charge is 0.481 e. The molecule has 2 bridgehead atoms. The fraction of sp³-hybridized carbons (Fsp3) is 0.308. The van der Waals surface area contributed by atoms with Gasteiger partial charge in [0.05, 0.1) is 5.92 Å². The van der Waals surface area contributed by atoms with Crippen LogP contribution in [0, 0.1) is 5.92 Å². The van der Waals surface area contributed by atoms with Gasteiger partial charge in [0.1, 0.15) is 12.3 Å². The average Bonchev–Trinajstić information content (AvgIpc) is 3.64. The van der Waals surface area contributed by atoms with Crippen molar-refractivity contribution >= 4 is 34.4 Å². The first kappa shape index (κ1) is 21.8. The minimum absolute atomic E-state index is 0.0468. The fourth-order valence-electron chi connectivity index (χ4n) is 5.85. The number of anilines is 1. The van der Waals surface area contributed by atoms with Crippen molar-refractivity contribution in [3.8, 4) is 11.1 Å². The molecule has 178 valence electrons. The summed E-state index contributed by atoms with van der Waals surface area (Å²) in [5.74, 6) is -1.70. The summed E-state index contributed by atoms with van der Waals surface area (Å²) in [7, 11) is 0. The van der Waals surface area contributed by atoms with E-state index in [1.54, 1.807) is 10.3 Å². The predicted molar refractivity (Wildman–Crippen MR) is 130 cm³/mol. The summed E-state index contributed by atoms with van der Waals surface area (Å²) in [6.07, 6.45) is 1.37. The van der Waals surface area contributed by atoms with Crippen molar-refractivity contribution in [3.63, 3.8) is 0 Å². The summed E-state index contributed by atoms with van der Waals surface area (Å²) >= 11 is 1.14. The van der Waals surface area contributed by atoms with Gasteiger partial charge < -0.3 is 14.7 Å². The predicted octanol–water partition coefficient (Wildman–Crippen LogP) is 4.58. The molecule has 0 spiro atoms. The standard InChI is InChI=1S/C26H23N3O5S/c30-23(29-14-9-10-22(29)19(11-14)24(31)32)21-13-35-25(27-21)28-26(33)34-12-20-17-7-3-1-5-15(17)16-6-2-4-8-18(16)20/h1-8,13-14,19-20,22H,9-12H2,(H,31,32)(H,27,28,33)/t14-,19+,22+/m0/s1. The number of carbonyl (C=O) groups is 3. The summed E-state index contributed by atoms with van der Waals surface area (Å²) in [6, 6.07) is 15.9. The number of carboxylic acids is 1. The number of ether oxygens (including phenoxy) is 1. The van der Waals surface area contributed by atoms with Crippen LogP contribution in [0.2, 0.25) is 0 Å². The highest BCUT2D eigenvalue weighted by atomic mass is 32.1. The second-order valence-corrected chi connectivity index (χ2v) is 10.0. The lowest BCUT2D eigenvalue weighted by molar-refractivity contribution is -0.142. The normalized spacial score (nSPS) is 22.1. The first-order valence-electron chi connectivity index (χ1n) is 11.6. The zero-order chi connectivity index (χ0) is 24.1. The van der Waals surface area contributed by atoms with Crippen molar-refractivity contribution in [2.45, 2.75) is 37.3 Å². The molecule has 2 aliphatic heterocycles. The third-order valence-electron chi connectivity index (χ3n) is 7.36. The molecule has 3 aromatic rings. The van der Waals surface area contributed by atoms with Crippen molar-refractivity contribution in [2.75, 3.05) is 11.9 Å². The molecule has 3 atom stereocenters. The minimum atomic E-state index is -0.856. The molecular weight excluding hydrogens is 466 g/mol. The Hall–Kier alpha value is -3.72. The zero-order valence-corrected chi connectivity index (χ0v) is 19.5. The number of fused-ring (bicyclic) bond motifs is 5. The van der Waals surface area contributed by atoms with Crippen LogP contribution >= 0.6 is 11.3 Å². The van der Waals surface area contributed by atoms with Gasteiger partial charge in [-0.25, -0.2) is 9.78 Å². The number of carbonyl (C=O) groups excluding carboxylic acids is 2. The van der Waals surface area contributed by atoms with Crippen LogP contribution in [-0.2, 0) is 9.53 Å². The number of amides is 2. The van der Waals surface area contributed by atoms with Crippen LogP contribution in [0.25, 0.3) is 11.1 Å². The maximum atomic E-state index is 13.0. The van der Waals surface area contributed by atoms with E-state index in [-0.39, 0.29) is 41.3 Å². The third-order valence-corrected chi connectivity index (χ3v) is 8.12. The molecule has 6 rings (SSSR count). The molecule has 9 heteroatoms. The van der Waals surface area contributed by atoms with E-state index in [1.807, 2.05) is 24.3 Å². The molecule has 2 N–H and O–H groups in total. The van der Waals surface area contributed by atoms with Gasteiger partial charge in [-0.05, 0) is 41.5 Å². The monoisotopic (exact) mass is 489 g/mol. The molecule has 3 aliphatic rings. The van der Waals surface area contributed by atoms with Crippen LogP contribution in [0.15, 0.2) is 53.9 Å². The Labute approximate surface area is 205 Å². The summed E-state index contributed by atoms with van der Waals surface area (Å²) in [4.78, 5) is 43.0. The second-order valence-electron chi connectivity index (χ2n) is 9.18. The second kappa shape index (κ2) is 8.49. The number of hydrogen-bond donors (Lipinski definition) is 2. The molecule has 2 fully saturated rings. The maximum Gasteiger partial charge on any atom is 0.413 e. The number of aromatic nitrogens is 1. The van der Waals surface area contributed by atoms with Crippen molar-refractivity contribution in [3.05, 3.63) is 70.7 Å².